The Bertz CT molecular complexity index is 3630. The van der Waals surface area contributed by atoms with Gasteiger partial charge in [0.1, 0.15) is 40.3 Å². The van der Waals surface area contributed by atoms with Crippen molar-refractivity contribution in [3.05, 3.63) is 181 Å². The molecule has 0 unspecified atom stereocenters. The molecule has 62 heavy (non-hydrogen) atoms. The summed E-state index contributed by atoms with van der Waals surface area (Å²) < 4.78 is 80.0. The van der Waals surface area contributed by atoms with E-state index >= 15 is 0 Å². The lowest BCUT2D eigenvalue weighted by Gasteiger charge is -2.35. The van der Waals surface area contributed by atoms with E-state index in [9.17, 15) is 0 Å². The standard InChI is InChI=1S/C54H41BN4O3/c1-33-51(34(2)53-50-52(33)61-47-23-12-7-18-41(47)55(50)42-19-8-13-24-48(42)62-53)58-32-57(44-21-10-11-22-45(44)58)36-15-14-16-37(30-36)60-38-25-26-40-39-17-6-9-20-43(39)59(46(40)31-38)49-29-35(27-28-56-49)54(3,4)5/h6-31H,1-5H3/i1D3,2D3. The van der Waals surface area contributed by atoms with E-state index in [0.29, 0.717) is 45.2 Å². The number of pyridine rings is 1. The molecule has 0 atom stereocenters. The number of hydrogen-bond donors (Lipinski definition) is 0. The molecule has 0 bridgehead atoms. The number of imidazole rings is 1. The molecule has 0 fully saturated rings. The fourth-order valence-corrected chi connectivity index (χ4v) is 9.24. The molecule has 10 aromatic rings. The molecule has 0 saturated heterocycles. The Hall–Kier alpha value is -7.58. The zero-order chi connectivity index (χ0) is 46.9. The third-order valence-electron chi connectivity index (χ3n) is 12.2. The Labute approximate surface area is 368 Å². The normalized spacial score (nSPS) is 14.7. The van der Waals surface area contributed by atoms with Crippen LogP contribution in [0.25, 0.3) is 50.0 Å². The van der Waals surface area contributed by atoms with Gasteiger partial charge < -0.3 is 14.2 Å². The van der Waals surface area contributed by atoms with Crippen LogP contribution in [0.1, 0.15) is 45.7 Å². The van der Waals surface area contributed by atoms with Gasteiger partial charge in [0, 0.05) is 47.8 Å². The van der Waals surface area contributed by atoms with E-state index in [1.165, 1.54) is 10.1 Å². The van der Waals surface area contributed by atoms with Gasteiger partial charge in [0.05, 0.1) is 33.4 Å². The van der Waals surface area contributed by atoms with E-state index in [1.807, 2.05) is 115 Å². The van der Waals surface area contributed by atoms with Crippen molar-refractivity contribution in [1.29, 1.82) is 0 Å². The zero-order valence-electron chi connectivity index (χ0n) is 40.1. The molecule has 0 N–H and O–H groups in total. The first-order chi connectivity index (χ1) is 32.6. The first kappa shape index (κ1) is 30.4. The fraction of sp³-hybridized carbons (Fsp3) is 0.111. The van der Waals surface area contributed by atoms with Crippen molar-refractivity contribution in [2.24, 2.45) is 0 Å². The molecule has 0 aliphatic carbocycles. The van der Waals surface area contributed by atoms with E-state index in [0.717, 1.165) is 38.5 Å². The number of para-hydroxylation sites is 5. The Morgan fingerprint density at radius 2 is 1.32 bits per heavy atom. The van der Waals surface area contributed by atoms with E-state index in [4.69, 9.17) is 27.4 Å². The van der Waals surface area contributed by atoms with E-state index in [1.54, 1.807) is 16.7 Å². The molecule has 2 aliphatic rings. The highest BCUT2D eigenvalue weighted by molar-refractivity contribution is 6.98. The maximum Gasteiger partial charge on any atom is 0.269 e. The van der Waals surface area contributed by atoms with Crippen LogP contribution in [0.2, 0.25) is 0 Å². The Kier molecular flexibility index (Phi) is 6.61. The van der Waals surface area contributed by atoms with Crippen molar-refractivity contribution < 1.29 is 27.0 Å². The largest absolute Gasteiger partial charge is 0.459 e. The number of ether oxygens (including phenoxy) is 3. The third kappa shape index (κ3) is 5.45. The van der Waals surface area contributed by atoms with Crippen molar-refractivity contribution in [3.8, 4) is 51.7 Å². The van der Waals surface area contributed by atoms with Crippen LogP contribution >= 0.6 is 0 Å². The van der Waals surface area contributed by atoms with Gasteiger partial charge in [-0.3, -0.25) is 13.7 Å². The summed E-state index contributed by atoms with van der Waals surface area (Å²) in [7, 11) is 0. The SMILES string of the molecule is [2H]C([2H])([2H])c1c2c3c(c(C([2H])([2H])[2H])c1-[n+]1[c-]n(-c4cccc(Oc5ccc6c7ccccc7n(-c7cc(C(C)(C)C)ccn7)c6c5)c4)c4ccccc41)Oc1ccccc1B3c1ccccc1O2. The van der Waals surface area contributed by atoms with Crippen LogP contribution in [0.3, 0.4) is 0 Å². The molecule has 5 heterocycles. The van der Waals surface area contributed by atoms with Crippen molar-refractivity contribution in [2.45, 2.75) is 39.9 Å². The molecule has 12 rings (SSSR count). The predicted octanol–water partition coefficient (Wildman–Crippen LogP) is 10.6. The van der Waals surface area contributed by atoms with Gasteiger partial charge in [0.25, 0.3) is 13.0 Å². The second-order valence-corrected chi connectivity index (χ2v) is 16.9. The van der Waals surface area contributed by atoms with Crippen LogP contribution in [0.5, 0.6) is 34.5 Å². The van der Waals surface area contributed by atoms with Crippen molar-refractivity contribution in [3.63, 3.8) is 0 Å². The molecule has 7 aromatic carbocycles. The molecule has 7 nitrogen and oxygen atoms in total. The average Bonchev–Trinajstić information content (AvgIpc) is 3.86. The number of nitrogens with zero attached hydrogens (tertiary/aromatic N) is 4. The smallest absolute Gasteiger partial charge is 0.269 e. The topological polar surface area (TPSA) is 54.3 Å². The van der Waals surface area contributed by atoms with E-state index in [2.05, 4.69) is 62.0 Å². The minimum absolute atomic E-state index is 0.0445. The van der Waals surface area contributed by atoms with Crippen molar-refractivity contribution >= 4 is 55.9 Å². The number of benzene rings is 7. The third-order valence-corrected chi connectivity index (χ3v) is 12.2. The van der Waals surface area contributed by atoms with Gasteiger partial charge in [0.2, 0.25) is 0 Å². The molecule has 2 aliphatic heterocycles. The molecule has 0 radical (unpaired) electrons. The minimum Gasteiger partial charge on any atom is -0.459 e. The summed E-state index contributed by atoms with van der Waals surface area (Å²) in [6, 6.07) is 48.3. The van der Waals surface area contributed by atoms with Crippen LogP contribution in [0, 0.1) is 20.0 Å². The van der Waals surface area contributed by atoms with Gasteiger partial charge in [0.15, 0.2) is 0 Å². The Morgan fingerprint density at radius 1 is 0.661 bits per heavy atom. The van der Waals surface area contributed by atoms with Gasteiger partial charge in [-0.15, -0.1) is 0 Å². The van der Waals surface area contributed by atoms with E-state index in [-0.39, 0.29) is 33.7 Å². The maximum atomic E-state index is 9.11. The number of aromatic nitrogens is 4. The first-order valence-corrected chi connectivity index (χ1v) is 20.7. The number of fused-ring (bicyclic) bond motifs is 8. The lowest BCUT2D eigenvalue weighted by atomic mass is 9.34. The quantitative estimate of drug-likeness (QED) is 0.0987. The Morgan fingerprint density at radius 3 is 2.06 bits per heavy atom. The van der Waals surface area contributed by atoms with Crippen molar-refractivity contribution in [2.75, 3.05) is 0 Å². The molecule has 3 aromatic heterocycles. The van der Waals surface area contributed by atoms with E-state index < -0.39 is 20.4 Å². The summed E-state index contributed by atoms with van der Waals surface area (Å²) in [6.07, 6.45) is 5.26. The van der Waals surface area contributed by atoms with Gasteiger partial charge in [-0.2, -0.15) is 0 Å². The fourth-order valence-electron chi connectivity index (χ4n) is 9.24. The van der Waals surface area contributed by atoms with Crippen LogP contribution in [-0.4, -0.2) is 20.8 Å². The molecular formula is C54H41BN4O3. The summed E-state index contributed by atoms with van der Waals surface area (Å²) in [5, 5.41) is 2.16. The zero-order valence-corrected chi connectivity index (χ0v) is 34.1. The van der Waals surface area contributed by atoms with Crippen LogP contribution in [-0.2, 0) is 5.41 Å². The highest BCUT2D eigenvalue weighted by Gasteiger charge is 2.42. The van der Waals surface area contributed by atoms with Crippen LogP contribution in [0.15, 0.2) is 158 Å². The second kappa shape index (κ2) is 13.5. The van der Waals surface area contributed by atoms with Crippen LogP contribution in [0.4, 0.5) is 0 Å². The summed E-state index contributed by atoms with van der Waals surface area (Å²) in [5.41, 5.74) is 6.16. The average molecular weight is 811 g/mol. The summed E-state index contributed by atoms with van der Waals surface area (Å²) in [5.74, 6) is 2.99. The summed E-state index contributed by atoms with van der Waals surface area (Å²) in [6.45, 7) is 0.305. The molecular weight excluding hydrogens is 763 g/mol. The molecule has 298 valence electrons. The maximum absolute atomic E-state index is 9.11. The lowest BCUT2D eigenvalue weighted by Crippen LogP contribution is -2.58. The van der Waals surface area contributed by atoms with Gasteiger partial charge in [-0.25, -0.2) is 4.98 Å². The van der Waals surface area contributed by atoms with Crippen LogP contribution < -0.4 is 35.2 Å². The van der Waals surface area contributed by atoms with Crippen molar-refractivity contribution in [1.82, 2.24) is 14.1 Å². The predicted molar refractivity (Wildman–Crippen MR) is 248 cm³/mol. The summed E-state index contributed by atoms with van der Waals surface area (Å²) in [4.78, 5) is 4.83. The lowest BCUT2D eigenvalue weighted by molar-refractivity contribution is -0.573. The molecule has 0 spiro atoms. The molecule has 0 amide bonds. The highest BCUT2D eigenvalue weighted by atomic mass is 16.5. The highest BCUT2D eigenvalue weighted by Crippen LogP contribution is 2.42. The second-order valence-electron chi connectivity index (χ2n) is 16.9. The molecule has 0 saturated carbocycles. The first-order valence-electron chi connectivity index (χ1n) is 23.7. The van der Waals surface area contributed by atoms with Gasteiger partial charge >= 0.3 is 0 Å². The molecule has 8 heteroatoms. The number of rotatable bonds is 5. The number of hydrogen-bond acceptors (Lipinski definition) is 4. The van der Waals surface area contributed by atoms with Gasteiger partial charge in [-0.1, -0.05) is 106 Å². The summed E-state index contributed by atoms with van der Waals surface area (Å²) >= 11 is 0. The Balaban J connectivity index is 1.02. The minimum atomic E-state index is -2.86. The monoisotopic (exact) mass is 810 g/mol. The van der Waals surface area contributed by atoms with Gasteiger partial charge in [-0.05, 0) is 96.3 Å².